The minimum atomic E-state index is -3.89. The summed E-state index contributed by atoms with van der Waals surface area (Å²) in [5.41, 5.74) is -0.112. The number of aliphatic hydroxyl groups is 1. The summed E-state index contributed by atoms with van der Waals surface area (Å²) >= 11 is 3.12. The third kappa shape index (κ3) is 3.57. The van der Waals surface area contributed by atoms with Crippen LogP contribution in [0.1, 0.15) is 24.2 Å². The van der Waals surface area contributed by atoms with E-state index in [1.807, 2.05) is 0 Å². The molecule has 0 amide bonds. The molecule has 20 heavy (non-hydrogen) atoms. The molecule has 0 spiro atoms. The lowest BCUT2D eigenvalue weighted by atomic mass is 10.2. The highest BCUT2D eigenvalue weighted by Crippen LogP contribution is 2.27. The van der Waals surface area contributed by atoms with Crippen molar-refractivity contribution in [2.45, 2.75) is 24.8 Å². The summed E-state index contributed by atoms with van der Waals surface area (Å²) in [5, 5.41) is 17.9. The molecule has 0 saturated carbocycles. The van der Waals surface area contributed by atoms with E-state index >= 15 is 0 Å². The van der Waals surface area contributed by atoms with Gasteiger partial charge in [0, 0.05) is 17.1 Å². The van der Waals surface area contributed by atoms with Crippen molar-refractivity contribution in [2.75, 3.05) is 13.2 Å². The number of halogens is 1. The van der Waals surface area contributed by atoms with E-state index in [1.165, 1.54) is 12.1 Å². The summed E-state index contributed by atoms with van der Waals surface area (Å²) in [4.78, 5) is 10.8. The summed E-state index contributed by atoms with van der Waals surface area (Å²) in [6.45, 7) is 3.00. The van der Waals surface area contributed by atoms with Crippen molar-refractivity contribution in [3.63, 3.8) is 0 Å². The van der Waals surface area contributed by atoms with E-state index in [0.29, 0.717) is 0 Å². The zero-order valence-corrected chi connectivity index (χ0v) is 13.5. The highest BCUT2D eigenvalue weighted by atomic mass is 79.9. The number of hydrogen-bond donors (Lipinski definition) is 2. The minimum absolute atomic E-state index is 0.0518. The Morgan fingerprint density at radius 1 is 1.40 bits per heavy atom. The molecule has 112 valence electrons. The zero-order valence-electron chi connectivity index (χ0n) is 11.1. The molecule has 1 aromatic rings. The summed E-state index contributed by atoms with van der Waals surface area (Å²) in [6, 6.07) is 3.45. The van der Waals surface area contributed by atoms with E-state index in [1.54, 1.807) is 13.8 Å². The quantitative estimate of drug-likeness (QED) is 0.796. The van der Waals surface area contributed by atoms with Crippen LogP contribution in [0.5, 0.6) is 0 Å². The second kappa shape index (κ2) is 6.66. The number of benzene rings is 1. The molecule has 0 bridgehead atoms. The fourth-order valence-corrected chi connectivity index (χ4v) is 4.30. The van der Waals surface area contributed by atoms with Crippen LogP contribution in [-0.4, -0.2) is 48.1 Å². The largest absolute Gasteiger partial charge is 0.478 e. The predicted octanol–water partition coefficient (Wildman–Crippen LogP) is 1.54. The molecule has 6 nitrogen and oxygen atoms in total. The normalized spacial score (nSPS) is 12.1. The first kappa shape index (κ1) is 17.1. The molecule has 1 aromatic carbocycles. The fraction of sp³-hybridized carbons (Fsp3) is 0.417. The lowest BCUT2D eigenvalue weighted by Gasteiger charge is -2.25. The van der Waals surface area contributed by atoms with Gasteiger partial charge in [0.05, 0.1) is 17.1 Å². The van der Waals surface area contributed by atoms with Crippen LogP contribution in [0.2, 0.25) is 0 Å². The van der Waals surface area contributed by atoms with Gasteiger partial charge >= 0.3 is 5.97 Å². The molecule has 0 atom stereocenters. The van der Waals surface area contributed by atoms with Gasteiger partial charge in [0.25, 0.3) is 0 Å². The molecule has 0 fully saturated rings. The molecular weight excluding hydrogens is 350 g/mol. The van der Waals surface area contributed by atoms with Crippen molar-refractivity contribution in [1.29, 1.82) is 0 Å². The van der Waals surface area contributed by atoms with Crippen molar-refractivity contribution in [1.82, 2.24) is 4.31 Å². The third-order valence-electron chi connectivity index (χ3n) is 2.66. The first-order chi connectivity index (χ1) is 9.21. The van der Waals surface area contributed by atoms with E-state index in [-0.39, 0.29) is 34.1 Å². The number of aromatic carboxylic acids is 1. The van der Waals surface area contributed by atoms with Gasteiger partial charge in [0.15, 0.2) is 0 Å². The van der Waals surface area contributed by atoms with Crippen molar-refractivity contribution in [2.24, 2.45) is 0 Å². The molecule has 8 heteroatoms. The van der Waals surface area contributed by atoms with E-state index in [4.69, 9.17) is 10.2 Å². The lowest BCUT2D eigenvalue weighted by Crippen LogP contribution is -2.39. The molecular formula is C12H16BrNO5S. The maximum atomic E-state index is 12.6. The Kier molecular flexibility index (Phi) is 5.69. The topological polar surface area (TPSA) is 94.9 Å². The molecule has 0 unspecified atom stereocenters. The van der Waals surface area contributed by atoms with Crippen LogP contribution in [0.15, 0.2) is 27.6 Å². The smallest absolute Gasteiger partial charge is 0.335 e. The Morgan fingerprint density at radius 3 is 2.45 bits per heavy atom. The van der Waals surface area contributed by atoms with Gasteiger partial charge in [-0.05, 0) is 48.0 Å². The van der Waals surface area contributed by atoms with Crippen LogP contribution in [0, 0.1) is 0 Å². The molecule has 0 aliphatic carbocycles. The number of nitrogens with zero attached hydrogens (tertiary/aromatic N) is 1. The molecule has 1 rings (SSSR count). The Bertz CT molecular complexity index is 600. The second-order valence-electron chi connectivity index (χ2n) is 4.38. The molecule has 2 N–H and O–H groups in total. The SMILES string of the molecule is CC(C)N(CCO)S(=O)(=O)c1cc(C(=O)O)ccc1Br. The summed E-state index contributed by atoms with van der Waals surface area (Å²) in [7, 11) is -3.89. The predicted molar refractivity (Wildman–Crippen MR) is 77.2 cm³/mol. The minimum Gasteiger partial charge on any atom is -0.478 e. The summed E-state index contributed by atoms with van der Waals surface area (Å²) < 4.78 is 26.5. The molecule has 0 aliphatic heterocycles. The first-order valence-corrected chi connectivity index (χ1v) is 8.10. The third-order valence-corrected chi connectivity index (χ3v) is 5.73. The lowest BCUT2D eigenvalue weighted by molar-refractivity contribution is 0.0696. The van der Waals surface area contributed by atoms with Crippen molar-refractivity contribution < 1.29 is 23.4 Å². The maximum absolute atomic E-state index is 12.6. The van der Waals surface area contributed by atoms with Gasteiger partial charge in [-0.25, -0.2) is 13.2 Å². The van der Waals surface area contributed by atoms with Crippen LogP contribution in [0.4, 0.5) is 0 Å². The zero-order chi connectivity index (χ0) is 15.5. The van der Waals surface area contributed by atoms with Crippen molar-refractivity contribution in [3.05, 3.63) is 28.2 Å². The van der Waals surface area contributed by atoms with Crippen LogP contribution >= 0.6 is 15.9 Å². The summed E-state index contributed by atoms with van der Waals surface area (Å²) in [6.07, 6.45) is 0. The Morgan fingerprint density at radius 2 is 2.00 bits per heavy atom. The molecule has 0 heterocycles. The Hall–Kier alpha value is -0.960. The number of aliphatic hydroxyl groups excluding tert-OH is 1. The van der Waals surface area contributed by atoms with Gasteiger partial charge in [0.1, 0.15) is 0 Å². The fourth-order valence-electron chi connectivity index (χ4n) is 1.71. The van der Waals surface area contributed by atoms with Crippen LogP contribution < -0.4 is 0 Å². The second-order valence-corrected chi connectivity index (χ2v) is 7.10. The van der Waals surface area contributed by atoms with Crippen LogP contribution in [0.3, 0.4) is 0 Å². The van der Waals surface area contributed by atoms with Gasteiger partial charge in [-0.2, -0.15) is 4.31 Å². The maximum Gasteiger partial charge on any atom is 0.335 e. The molecule has 0 saturated heterocycles. The number of hydrogen-bond acceptors (Lipinski definition) is 4. The van der Waals surface area contributed by atoms with E-state index in [2.05, 4.69) is 15.9 Å². The highest BCUT2D eigenvalue weighted by molar-refractivity contribution is 9.10. The summed E-state index contributed by atoms with van der Waals surface area (Å²) in [5.74, 6) is -1.20. The number of carboxylic acids is 1. The Balaban J connectivity index is 3.40. The van der Waals surface area contributed by atoms with Gasteiger partial charge in [-0.3, -0.25) is 0 Å². The van der Waals surface area contributed by atoms with Crippen LogP contribution in [0.25, 0.3) is 0 Å². The van der Waals surface area contributed by atoms with E-state index in [0.717, 1.165) is 10.4 Å². The Labute approximate surface area is 126 Å². The number of carboxylic acid groups (broad SMARTS) is 1. The van der Waals surface area contributed by atoms with Gasteiger partial charge in [0.2, 0.25) is 10.0 Å². The number of carbonyl (C=O) groups is 1. The van der Waals surface area contributed by atoms with Crippen molar-refractivity contribution in [3.8, 4) is 0 Å². The average Bonchev–Trinajstić information content (AvgIpc) is 2.35. The van der Waals surface area contributed by atoms with Crippen molar-refractivity contribution >= 4 is 31.9 Å². The molecule has 0 aromatic heterocycles. The van der Waals surface area contributed by atoms with Crippen LogP contribution in [-0.2, 0) is 10.0 Å². The number of sulfonamides is 1. The monoisotopic (exact) mass is 365 g/mol. The van der Waals surface area contributed by atoms with E-state index < -0.39 is 16.0 Å². The standard InChI is InChI=1S/C12H16BrNO5S/c1-8(2)14(5-6-15)20(18,19)11-7-9(12(16)17)3-4-10(11)13/h3-4,7-8,15H,5-6H2,1-2H3,(H,16,17). The average molecular weight is 366 g/mol. The van der Waals surface area contributed by atoms with Gasteiger partial charge < -0.3 is 10.2 Å². The molecule has 0 radical (unpaired) electrons. The highest BCUT2D eigenvalue weighted by Gasteiger charge is 2.29. The van der Waals surface area contributed by atoms with Gasteiger partial charge in [-0.15, -0.1) is 0 Å². The number of rotatable bonds is 6. The van der Waals surface area contributed by atoms with E-state index in [9.17, 15) is 13.2 Å². The first-order valence-electron chi connectivity index (χ1n) is 5.87. The molecule has 0 aliphatic rings. The van der Waals surface area contributed by atoms with Gasteiger partial charge in [-0.1, -0.05) is 0 Å².